The second kappa shape index (κ2) is 6.09. The fraction of sp³-hybridized carbons (Fsp3) is 0.174. The molecular weight excluding hydrogens is 292 g/mol. The molecule has 1 aliphatic rings. The molecule has 0 amide bonds. The van der Waals surface area contributed by atoms with E-state index in [2.05, 4.69) is 43.3 Å². The van der Waals surface area contributed by atoms with Gasteiger partial charge in [-0.25, -0.2) is 0 Å². The van der Waals surface area contributed by atoms with E-state index in [1.54, 1.807) is 0 Å². The molecule has 0 fully saturated rings. The van der Waals surface area contributed by atoms with Gasteiger partial charge in [-0.2, -0.15) is 0 Å². The van der Waals surface area contributed by atoms with Crippen LogP contribution in [0.5, 0.6) is 0 Å². The number of benzene rings is 3. The quantitative estimate of drug-likeness (QED) is 0.575. The van der Waals surface area contributed by atoms with E-state index in [-0.39, 0.29) is 5.78 Å². The van der Waals surface area contributed by atoms with Crippen LogP contribution >= 0.6 is 0 Å². The van der Waals surface area contributed by atoms with Crippen LogP contribution < -0.4 is 0 Å². The normalized spacial score (nSPS) is 13.6. The van der Waals surface area contributed by atoms with E-state index in [0.717, 1.165) is 57.9 Å². The van der Waals surface area contributed by atoms with Gasteiger partial charge in [0, 0.05) is 11.1 Å². The highest BCUT2D eigenvalue weighted by atomic mass is 16.1. The Labute approximate surface area is 142 Å². The number of fused-ring (bicyclic) bond motifs is 3. The Bertz CT molecular complexity index is 948. The molecular formula is C23H20O. The Morgan fingerprint density at radius 3 is 2.38 bits per heavy atom. The van der Waals surface area contributed by atoms with Gasteiger partial charge in [0.25, 0.3) is 0 Å². The van der Waals surface area contributed by atoms with E-state index < -0.39 is 0 Å². The average Bonchev–Trinajstić information content (AvgIpc) is 2.93. The summed E-state index contributed by atoms with van der Waals surface area (Å²) >= 11 is 0. The van der Waals surface area contributed by atoms with Gasteiger partial charge in [-0.15, -0.1) is 0 Å². The van der Waals surface area contributed by atoms with Crippen molar-refractivity contribution in [1.29, 1.82) is 0 Å². The maximum Gasteiger partial charge on any atom is 0.190 e. The topological polar surface area (TPSA) is 17.1 Å². The Morgan fingerprint density at radius 2 is 1.58 bits per heavy atom. The number of Topliss-reactive ketones (excluding diaryl/α,β-unsaturated/α-hetero) is 1. The van der Waals surface area contributed by atoms with Crippen molar-refractivity contribution in [1.82, 2.24) is 0 Å². The summed E-state index contributed by atoms with van der Waals surface area (Å²) in [6, 6.07) is 22.8. The summed E-state index contributed by atoms with van der Waals surface area (Å²) in [6.07, 6.45) is 2.99. The monoisotopic (exact) mass is 312 g/mol. The molecule has 0 N–H and O–H groups in total. The van der Waals surface area contributed by atoms with Gasteiger partial charge in [0.1, 0.15) is 0 Å². The lowest BCUT2D eigenvalue weighted by Gasteiger charge is -2.09. The summed E-state index contributed by atoms with van der Waals surface area (Å²) in [5.74, 6) is 0.217. The molecule has 0 spiro atoms. The van der Waals surface area contributed by atoms with Crippen LogP contribution in [0.25, 0.3) is 16.3 Å². The summed E-state index contributed by atoms with van der Waals surface area (Å²) in [4.78, 5) is 13.2. The molecule has 0 saturated heterocycles. The van der Waals surface area contributed by atoms with Crippen LogP contribution in [0.15, 0.2) is 72.3 Å². The van der Waals surface area contributed by atoms with Crippen LogP contribution in [0, 0.1) is 0 Å². The summed E-state index contributed by atoms with van der Waals surface area (Å²) in [5.41, 5.74) is 5.24. The SMILES string of the molecule is CCCCC1=C(c2ccccc2)c2ccc3ccccc3c2C1=O. The van der Waals surface area contributed by atoms with E-state index in [9.17, 15) is 4.79 Å². The number of allylic oxidation sites excluding steroid dienone is 1. The van der Waals surface area contributed by atoms with E-state index >= 15 is 0 Å². The molecule has 118 valence electrons. The number of rotatable bonds is 4. The smallest absolute Gasteiger partial charge is 0.190 e. The summed E-state index contributed by atoms with van der Waals surface area (Å²) in [5, 5.41) is 2.20. The van der Waals surface area contributed by atoms with Gasteiger partial charge in [-0.3, -0.25) is 4.79 Å². The van der Waals surface area contributed by atoms with Crippen molar-refractivity contribution in [2.45, 2.75) is 26.2 Å². The van der Waals surface area contributed by atoms with Crippen molar-refractivity contribution in [2.75, 3.05) is 0 Å². The van der Waals surface area contributed by atoms with Crippen LogP contribution in [-0.2, 0) is 0 Å². The first-order chi connectivity index (χ1) is 11.8. The van der Waals surface area contributed by atoms with E-state index in [1.165, 1.54) is 0 Å². The van der Waals surface area contributed by atoms with Gasteiger partial charge in [-0.05, 0) is 40.3 Å². The number of hydrogen-bond donors (Lipinski definition) is 0. The standard InChI is InChI=1S/C23H20O/c1-2-3-12-20-21(17-10-5-4-6-11-17)19-15-14-16-9-7-8-13-18(16)22(19)23(20)24/h4-11,13-15H,2-3,12H2,1H3. The molecule has 3 aromatic rings. The second-order valence-corrected chi connectivity index (χ2v) is 6.36. The molecule has 0 aliphatic heterocycles. The number of ketones is 1. The summed E-state index contributed by atoms with van der Waals surface area (Å²) < 4.78 is 0. The predicted molar refractivity (Wildman–Crippen MR) is 100 cm³/mol. The van der Waals surface area contributed by atoms with Crippen LogP contribution in [0.1, 0.15) is 47.7 Å². The Morgan fingerprint density at radius 1 is 0.833 bits per heavy atom. The summed E-state index contributed by atoms with van der Waals surface area (Å²) in [6.45, 7) is 2.17. The molecule has 0 radical (unpaired) electrons. The van der Waals surface area contributed by atoms with Gasteiger partial charge in [0.2, 0.25) is 0 Å². The number of carbonyl (C=O) groups is 1. The molecule has 0 heterocycles. The van der Waals surface area contributed by atoms with Gasteiger partial charge in [-0.1, -0.05) is 80.1 Å². The molecule has 4 rings (SSSR count). The van der Waals surface area contributed by atoms with Gasteiger partial charge < -0.3 is 0 Å². The van der Waals surface area contributed by atoms with Crippen molar-refractivity contribution in [3.8, 4) is 0 Å². The van der Waals surface area contributed by atoms with Gasteiger partial charge >= 0.3 is 0 Å². The van der Waals surface area contributed by atoms with E-state index in [1.807, 2.05) is 30.3 Å². The average molecular weight is 312 g/mol. The van der Waals surface area contributed by atoms with Crippen LogP contribution in [0.2, 0.25) is 0 Å². The zero-order chi connectivity index (χ0) is 16.5. The second-order valence-electron chi connectivity index (χ2n) is 6.36. The van der Waals surface area contributed by atoms with Gasteiger partial charge in [0.15, 0.2) is 5.78 Å². The molecule has 24 heavy (non-hydrogen) atoms. The van der Waals surface area contributed by atoms with E-state index in [4.69, 9.17) is 0 Å². The lowest BCUT2D eigenvalue weighted by molar-refractivity contribution is 0.103. The van der Waals surface area contributed by atoms with Crippen molar-refractivity contribution < 1.29 is 4.79 Å². The highest BCUT2D eigenvalue weighted by molar-refractivity contribution is 6.27. The zero-order valence-electron chi connectivity index (χ0n) is 13.9. The highest BCUT2D eigenvalue weighted by Gasteiger charge is 2.31. The first-order valence-electron chi connectivity index (χ1n) is 8.66. The number of unbranched alkanes of at least 4 members (excludes halogenated alkanes) is 1. The third-order valence-electron chi connectivity index (χ3n) is 4.84. The molecule has 3 aromatic carbocycles. The van der Waals surface area contributed by atoms with Gasteiger partial charge in [0.05, 0.1) is 0 Å². The fourth-order valence-corrected chi connectivity index (χ4v) is 3.68. The first kappa shape index (κ1) is 14.9. The minimum absolute atomic E-state index is 0.217. The third kappa shape index (κ3) is 2.28. The van der Waals surface area contributed by atoms with Crippen LogP contribution in [0.3, 0.4) is 0 Å². The van der Waals surface area contributed by atoms with Crippen molar-refractivity contribution in [2.24, 2.45) is 0 Å². The summed E-state index contributed by atoms with van der Waals surface area (Å²) in [7, 11) is 0. The van der Waals surface area contributed by atoms with Crippen LogP contribution in [-0.4, -0.2) is 5.78 Å². The maximum atomic E-state index is 13.2. The molecule has 0 atom stereocenters. The van der Waals surface area contributed by atoms with Crippen molar-refractivity contribution in [3.63, 3.8) is 0 Å². The fourth-order valence-electron chi connectivity index (χ4n) is 3.68. The molecule has 0 saturated carbocycles. The number of hydrogen-bond acceptors (Lipinski definition) is 1. The Hall–Kier alpha value is -2.67. The molecule has 0 unspecified atom stereocenters. The van der Waals surface area contributed by atoms with Crippen molar-refractivity contribution in [3.05, 3.63) is 89.0 Å². The third-order valence-corrected chi connectivity index (χ3v) is 4.84. The zero-order valence-corrected chi connectivity index (χ0v) is 13.9. The highest BCUT2D eigenvalue weighted by Crippen LogP contribution is 2.42. The molecule has 1 heteroatoms. The lowest BCUT2D eigenvalue weighted by Crippen LogP contribution is -2.00. The Balaban J connectivity index is 1.98. The number of carbonyl (C=O) groups excluding carboxylic acids is 1. The molecule has 0 aromatic heterocycles. The first-order valence-corrected chi connectivity index (χ1v) is 8.66. The Kier molecular flexibility index (Phi) is 3.78. The van der Waals surface area contributed by atoms with E-state index in [0.29, 0.717) is 0 Å². The molecule has 1 aliphatic carbocycles. The molecule has 0 bridgehead atoms. The lowest BCUT2D eigenvalue weighted by atomic mass is 9.94. The minimum Gasteiger partial charge on any atom is -0.289 e. The van der Waals surface area contributed by atoms with Crippen LogP contribution in [0.4, 0.5) is 0 Å². The maximum absolute atomic E-state index is 13.2. The van der Waals surface area contributed by atoms with Crippen molar-refractivity contribution >= 4 is 22.1 Å². The minimum atomic E-state index is 0.217. The predicted octanol–water partition coefficient (Wildman–Crippen LogP) is 6.03. The molecule has 1 nitrogen and oxygen atoms in total. The largest absolute Gasteiger partial charge is 0.289 e.